The van der Waals surface area contributed by atoms with E-state index in [4.69, 9.17) is 16.3 Å². The van der Waals surface area contributed by atoms with Crippen molar-refractivity contribution in [3.05, 3.63) is 57.6 Å². The van der Waals surface area contributed by atoms with Crippen molar-refractivity contribution in [1.82, 2.24) is 0 Å². The minimum atomic E-state index is -2.72. The summed E-state index contributed by atoms with van der Waals surface area (Å²) in [5, 5.41) is 2.84. The fourth-order valence-corrected chi connectivity index (χ4v) is 2.83. The second-order valence-corrected chi connectivity index (χ2v) is 6.05. The monoisotopic (exact) mass is 383 g/mol. The lowest BCUT2D eigenvalue weighted by Crippen LogP contribution is -2.14. The van der Waals surface area contributed by atoms with Crippen molar-refractivity contribution in [2.45, 2.75) is 33.3 Å². The van der Waals surface area contributed by atoms with Crippen LogP contribution in [0.25, 0.3) is 0 Å². The Labute approximate surface area is 156 Å². The Hall–Kier alpha value is -2.34. The summed E-state index contributed by atoms with van der Waals surface area (Å²) in [4.78, 5) is 11.5. The molecule has 0 aromatic heterocycles. The number of nitrogens with one attached hydrogen (secondary N) is 1. The molecule has 4 nitrogen and oxygen atoms in total. The number of aryl methyl sites for hydroxylation is 2. The molecule has 1 amide bonds. The zero-order chi connectivity index (χ0) is 19.3. The maximum absolute atomic E-state index is 13.4. The number of carbonyl (C=O) groups is 1. The van der Waals surface area contributed by atoms with Gasteiger partial charge in [0, 0.05) is 11.1 Å². The molecule has 0 spiro atoms. The Morgan fingerprint density at radius 3 is 2.65 bits per heavy atom. The van der Waals surface area contributed by atoms with Crippen LogP contribution in [0.15, 0.2) is 30.3 Å². The highest BCUT2D eigenvalue weighted by molar-refractivity contribution is 6.32. The molecule has 0 bridgehead atoms. The summed E-state index contributed by atoms with van der Waals surface area (Å²) in [6.07, 6.45) is -2.64. The van der Waals surface area contributed by atoms with Crippen LogP contribution in [0, 0.1) is 6.92 Å². The molecule has 0 heterocycles. The van der Waals surface area contributed by atoms with Gasteiger partial charge in [0.25, 0.3) is 6.43 Å². The van der Waals surface area contributed by atoms with Crippen molar-refractivity contribution in [3.63, 3.8) is 0 Å². The third-order valence-electron chi connectivity index (χ3n) is 4.01. The first kappa shape index (κ1) is 20.0. The fourth-order valence-electron chi connectivity index (χ4n) is 2.59. The molecule has 0 atom stereocenters. The number of carbonyl (C=O) groups excluding carboxylic acids is 1. The summed E-state index contributed by atoms with van der Waals surface area (Å²) in [7, 11) is 1.19. The molecule has 26 heavy (non-hydrogen) atoms. The van der Waals surface area contributed by atoms with Gasteiger partial charge in [-0.1, -0.05) is 30.7 Å². The van der Waals surface area contributed by atoms with E-state index in [2.05, 4.69) is 10.1 Å². The lowest BCUT2D eigenvalue weighted by Gasteiger charge is -2.17. The van der Waals surface area contributed by atoms with Crippen LogP contribution < -0.4 is 10.1 Å². The van der Waals surface area contributed by atoms with Crippen LogP contribution in [-0.4, -0.2) is 13.2 Å². The summed E-state index contributed by atoms with van der Waals surface area (Å²) in [6, 6.07) is 7.81. The standard InChI is InChI=1S/C19H20ClF2NO3/c1-4-12-9-15(20)17(8-11(12)2)26-10-14-13(18(21)22)6-5-7-16(14)23-19(24)25-3/h5-9,18H,4,10H2,1-3H3,(H,23,24). The number of alkyl halides is 2. The number of ether oxygens (including phenoxy) is 2. The normalized spacial score (nSPS) is 10.7. The van der Waals surface area contributed by atoms with Crippen LogP contribution in [-0.2, 0) is 17.8 Å². The zero-order valence-corrected chi connectivity index (χ0v) is 15.5. The van der Waals surface area contributed by atoms with Crippen LogP contribution in [0.2, 0.25) is 5.02 Å². The molecule has 0 unspecified atom stereocenters. The summed E-state index contributed by atoms with van der Waals surface area (Å²) in [5.74, 6) is 0.398. The first-order valence-electron chi connectivity index (χ1n) is 8.04. The van der Waals surface area contributed by atoms with Gasteiger partial charge in [-0.3, -0.25) is 5.32 Å². The second-order valence-electron chi connectivity index (χ2n) is 5.64. The second kappa shape index (κ2) is 8.85. The van der Waals surface area contributed by atoms with Gasteiger partial charge in [0.2, 0.25) is 0 Å². The molecule has 0 aliphatic heterocycles. The van der Waals surface area contributed by atoms with Gasteiger partial charge in [-0.15, -0.1) is 0 Å². The van der Waals surface area contributed by atoms with E-state index in [9.17, 15) is 13.6 Å². The van der Waals surface area contributed by atoms with E-state index in [1.54, 1.807) is 12.1 Å². The minimum Gasteiger partial charge on any atom is -0.487 e. The smallest absolute Gasteiger partial charge is 0.411 e. The predicted molar refractivity (Wildman–Crippen MR) is 97.3 cm³/mol. The number of methoxy groups -OCH3 is 1. The molecule has 0 fully saturated rings. The van der Waals surface area contributed by atoms with Gasteiger partial charge in [0.05, 0.1) is 17.8 Å². The van der Waals surface area contributed by atoms with Gasteiger partial charge in [-0.2, -0.15) is 0 Å². The average molecular weight is 384 g/mol. The van der Waals surface area contributed by atoms with Crippen molar-refractivity contribution >= 4 is 23.4 Å². The molecule has 0 aliphatic carbocycles. The highest BCUT2D eigenvalue weighted by Crippen LogP contribution is 2.33. The summed E-state index contributed by atoms with van der Waals surface area (Å²) >= 11 is 6.23. The van der Waals surface area contributed by atoms with E-state index >= 15 is 0 Å². The lowest BCUT2D eigenvalue weighted by molar-refractivity contribution is 0.148. The van der Waals surface area contributed by atoms with Crippen LogP contribution in [0.3, 0.4) is 0 Å². The first-order valence-corrected chi connectivity index (χ1v) is 8.41. The topological polar surface area (TPSA) is 47.6 Å². The Morgan fingerprint density at radius 1 is 1.31 bits per heavy atom. The maximum atomic E-state index is 13.4. The van der Waals surface area contributed by atoms with Crippen LogP contribution in [0.1, 0.15) is 35.6 Å². The molecule has 7 heteroatoms. The van der Waals surface area contributed by atoms with Gasteiger partial charge in [0.15, 0.2) is 0 Å². The lowest BCUT2D eigenvalue weighted by atomic mass is 10.1. The molecule has 0 radical (unpaired) electrons. The molecule has 0 saturated heterocycles. The van der Waals surface area contributed by atoms with Crippen molar-refractivity contribution < 1.29 is 23.0 Å². The number of anilines is 1. The molecule has 2 aromatic carbocycles. The SMILES string of the molecule is CCc1cc(Cl)c(OCc2c(NC(=O)OC)cccc2C(F)F)cc1C. The predicted octanol–water partition coefficient (Wildman–Crippen LogP) is 5.91. The van der Waals surface area contributed by atoms with Crippen molar-refractivity contribution in [1.29, 1.82) is 0 Å². The molecule has 0 saturated carbocycles. The summed E-state index contributed by atoms with van der Waals surface area (Å²) in [5.41, 5.74) is 2.23. The number of hydrogen-bond donors (Lipinski definition) is 1. The van der Waals surface area contributed by atoms with Gasteiger partial charge in [-0.05, 0) is 42.7 Å². The van der Waals surface area contributed by atoms with Crippen LogP contribution >= 0.6 is 11.6 Å². The van der Waals surface area contributed by atoms with Gasteiger partial charge in [-0.25, -0.2) is 13.6 Å². The number of amides is 1. The zero-order valence-electron chi connectivity index (χ0n) is 14.7. The number of benzene rings is 2. The average Bonchev–Trinajstić information content (AvgIpc) is 2.62. The highest BCUT2D eigenvalue weighted by atomic mass is 35.5. The number of rotatable bonds is 6. The van der Waals surface area contributed by atoms with E-state index in [0.29, 0.717) is 10.8 Å². The molecule has 0 aliphatic rings. The van der Waals surface area contributed by atoms with Crippen LogP contribution in [0.5, 0.6) is 5.75 Å². The van der Waals surface area contributed by atoms with E-state index in [-0.39, 0.29) is 23.4 Å². The largest absolute Gasteiger partial charge is 0.487 e. The van der Waals surface area contributed by atoms with Crippen molar-refractivity contribution in [3.8, 4) is 5.75 Å². The quantitative estimate of drug-likeness (QED) is 0.674. The molecule has 2 rings (SSSR count). The fraction of sp³-hybridized carbons (Fsp3) is 0.316. The molecular formula is C19H20ClF2NO3. The minimum absolute atomic E-state index is 0.168. The van der Waals surface area contributed by atoms with Crippen molar-refractivity contribution in [2.75, 3.05) is 12.4 Å². The first-order chi connectivity index (χ1) is 12.4. The Balaban J connectivity index is 2.33. The number of halogens is 3. The Bertz CT molecular complexity index is 797. The Kier molecular flexibility index (Phi) is 6.80. The van der Waals surface area contributed by atoms with Gasteiger partial charge in [0.1, 0.15) is 12.4 Å². The van der Waals surface area contributed by atoms with Gasteiger partial charge >= 0.3 is 6.09 Å². The van der Waals surface area contributed by atoms with Gasteiger partial charge < -0.3 is 9.47 Å². The van der Waals surface area contributed by atoms with Crippen molar-refractivity contribution in [2.24, 2.45) is 0 Å². The van der Waals surface area contributed by atoms with Crippen LogP contribution in [0.4, 0.5) is 19.3 Å². The van der Waals surface area contributed by atoms with E-state index in [1.165, 1.54) is 25.3 Å². The third kappa shape index (κ3) is 4.64. The molecule has 140 valence electrons. The molecular weight excluding hydrogens is 364 g/mol. The summed E-state index contributed by atoms with van der Waals surface area (Å²) < 4.78 is 37.0. The summed E-state index contributed by atoms with van der Waals surface area (Å²) in [6.45, 7) is 3.77. The Morgan fingerprint density at radius 2 is 2.04 bits per heavy atom. The molecule has 1 N–H and O–H groups in total. The maximum Gasteiger partial charge on any atom is 0.411 e. The van der Waals surface area contributed by atoms with E-state index < -0.39 is 12.5 Å². The molecule has 2 aromatic rings. The van der Waals surface area contributed by atoms with E-state index in [1.807, 2.05) is 13.8 Å². The number of hydrogen-bond acceptors (Lipinski definition) is 3. The van der Waals surface area contributed by atoms with E-state index in [0.717, 1.165) is 17.5 Å². The third-order valence-corrected chi connectivity index (χ3v) is 4.31. The highest BCUT2D eigenvalue weighted by Gasteiger charge is 2.19.